The summed E-state index contributed by atoms with van der Waals surface area (Å²) >= 11 is 1.54. The molecule has 0 aliphatic rings. The van der Waals surface area contributed by atoms with Gasteiger partial charge in [-0.15, -0.1) is 11.3 Å². The summed E-state index contributed by atoms with van der Waals surface area (Å²) in [4.78, 5) is 18.0. The van der Waals surface area contributed by atoms with Gasteiger partial charge in [-0.05, 0) is 18.2 Å². The van der Waals surface area contributed by atoms with Crippen molar-refractivity contribution in [2.45, 2.75) is 0 Å². The first kappa shape index (κ1) is 10.1. The molecule has 2 N–H and O–H groups in total. The number of thiazole rings is 1. The second-order valence-electron chi connectivity index (χ2n) is 3.51. The van der Waals surface area contributed by atoms with Gasteiger partial charge < -0.3 is 9.73 Å². The number of fused-ring (bicyclic) bond motifs is 1. The minimum atomic E-state index is -0.438. The molecule has 2 heterocycles. The lowest BCUT2D eigenvalue weighted by Gasteiger charge is -1.95. The average Bonchev–Trinajstić information content (AvgIpc) is 2.92. The number of anilines is 1. The smallest absolute Gasteiger partial charge is 0.408 e. The van der Waals surface area contributed by atoms with Gasteiger partial charge in [0, 0.05) is 18.0 Å². The van der Waals surface area contributed by atoms with Crippen LogP contribution in [0.5, 0.6) is 0 Å². The summed E-state index contributed by atoms with van der Waals surface area (Å²) < 4.78 is 5.01. The van der Waals surface area contributed by atoms with E-state index in [0.29, 0.717) is 11.1 Å². The van der Waals surface area contributed by atoms with Crippen molar-refractivity contribution in [1.29, 1.82) is 0 Å². The first-order valence-corrected chi connectivity index (χ1v) is 5.91. The fourth-order valence-corrected chi connectivity index (χ4v) is 2.41. The number of H-pyrrole nitrogens is 1. The molecule has 0 amide bonds. The molecule has 0 fully saturated rings. The number of hydrogen-bond acceptors (Lipinski definition) is 5. The van der Waals surface area contributed by atoms with Gasteiger partial charge in [0.25, 0.3) is 0 Å². The topological polar surface area (TPSA) is 70.9 Å². The van der Waals surface area contributed by atoms with Gasteiger partial charge in [0.1, 0.15) is 10.8 Å². The Morgan fingerprint density at radius 3 is 3.12 bits per heavy atom. The molecule has 0 unspecified atom stereocenters. The first-order valence-electron chi connectivity index (χ1n) is 5.03. The first-order chi connectivity index (χ1) is 8.26. The third kappa shape index (κ3) is 1.72. The van der Waals surface area contributed by atoms with Crippen molar-refractivity contribution in [1.82, 2.24) is 9.97 Å². The maximum absolute atomic E-state index is 11.0. The van der Waals surface area contributed by atoms with E-state index < -0.39 is 5.76 Å². The summed E-state index contributed by atoms with van der Waals surface area (Å²) in [5.41, 5.74) is 2.18. The van der Waals surface area contributed by atoms with Crippen molar-refractivity contribution in [2.75, 3.05) is 12.4 Å². The Labute approximate surface area is 100 Å². The molecule has 0 atom stereocenters. The van der Waals surface area contributed by atoms with Crippen LogP contribution in [0.2, 0.25) is 0 Å². The lowest BCUT2D eigenvalue weighted by molar-refractivity contribution is 0.555. The lowest BCUT2D eigenvalue weighted by Crippen LogP contribution is -1.92. The molecule has 3 aromatic rings. The monoisotopic (exact) mass is 247 g/mol. The SMILES string of the molecule is CNc1csc(-c2ccc3[nH]c(=O)oc3c2)n1. The van der Waals surface area contributed by atoms with E-state index in [4.69, 9.17) is 4.42 Å². The highest BCUT2D eigenvalue weighted by atomic mass is 32.1. The van der Waals surface area contributed by atoms with Crippen molar-refractivity contribution in [3.05, 3.63) is 34.1 Å². The fraction of sp³-hybridized carbons (Fsp3) is 0.0909. The Morgan fingerprint density at radius 2 is 2.35 bits per heavy atom. The van der Waals surface area contributed by atoms with Crippen molar-refractivity contribution < 1.29 is 4.42 Å². The van der Waals surface area contributed by atoms with E-state index in [0.717, 1.165) is 16.4 Å². The van der Waals surface area contributed by atoms with Gasteiger partial charge in [0.15, 0.2) is 5.58 Å². The number of rotatable bonds is 2. The van der Waals surface area contributed by atoms with Gasteiger partial charge in [-0.1, -0.05) is 0 Å². The number of oxazole rings is 1. The molecule has 0 aliphatic carbocycles. The normalized spacial score (nSPS) is 10.9. The van der Waals surface area contributed by atoms with Gasteiger partial charge in [-0.25, -0.2) is 9.78 Å². The molecule has 3 rings (SSSR count). The van der Waals surface area contributed by atoms with Crippen molar-refractivity contribution >= 4 is 28.3 Å². The Hall–Kier alpha value is -2.08. The van der Waals surface area contributed by atoms with Crippen molar-refractivity contribution in [3.8, 4) is 10.6 Å². The van der Waals surface area contributed by atoms with Crippen molar-refractivity contribution in [3.63, 3.8) is 0 Å². The predicted octanol–water partition coefficient (Wildman–Crippen LogP) is 2.29. The Balaban J connectivity index is 2.13. The Bertz CT molecular complexity index is 725. The maximum Gasteiger partial charge on any atom is 0.417 e. The summed E-state index contributed by atoms with van der Waals surface area (Å²) in [6.07, 6.45) is 0. The van der Waals surface area contributed by atoms with Crippen molar-refractivity contribution in [2.24, 2.45) is 0 Å². The van der Waals surface area contributed by atoms with Crippen LogP contribution in [-0.4, -0.2) is 17.0 Å². The van der Waals surface area contributed by atoms with Crippen LogP contribution in [0.3, 0.4) is 0 Å². The maximum atomic E-state index is 11.0. The molecule has 6 heteroatoms. The molecule has 0 saturated heterocycles. The minimum Gasteiger partial charge on any atom is -0.408 e. The van der Waals surface area contributed by atoms with Crippen LogP contribution in [0.15, 0.2) is 32.8 Å². The third-order valence-corrected chi connectivity index (χ3v) is 3.32. The lowest BCUT2D eigenvalue weighted by atomic mass is 10.2. The molecular formula is C11H9N3O2S. The van der Waals surface area contributed by atoms with Crippen LogP contribution < -0.4 is 11.1 Å². The van der Waals surface area contributed by atoms with Gasteiger partial charge in [-0.3, -0.25) is 4.98 Å². The highest BCUT2D eigenvalue weighted by Crippen LogP contribution is 2.27. The minimum absolute atomic E-state index is 0.438. The van der Waals surface area contributed by atoms with Gasteiger partial charge in [0.05, 0.1) is 5.52 Å². The van der Waals surface area contributed by atoms with Gasteiger partial charge in [0.2, 0.25) is 0 Å². The summed E-state index contributed by atoms with van der Waals surface area (Å²) in [7, 11) is 1.83. The number of nitrogens with one attached hydrogen (secondary N) is 2. The zero-order valence-electron chi connectivity index (χ0n) is 8.98. The summed E-state index contributed by atoms with van der Waals surface area (Å²) in [6.45, 7) is 0. The molecule has 2 aromatic heterocycles. The second kappa shape index (κ2) is 3.74. The average molecular weight is 247 g/mol. The number of aromatic nitrogens is 2. The highest BCUT2D eigenvalue weighted by molar-refractivity contribution is 7.13. The molecule has 0 aliphatic heterocycles. The van der Waals surface area contributed by atoms with Gasteiger partial charge >= 0.3 is 5.76 Å². The van der Waals surface area contributed by atoms with Crippen LogP contribution in [-0.2, 0) is 0 Å². The van der Waals surface area contributed by atoms with Gasteiger partial charge in [-0.2, -0.15) is 0 Å². The van der Waals surface area contributed by atoms with E-state index in [-0.39, 0.29) is 0 Å². The van der Waals surface area contributed by atoms with E-state index in [1.807, 2.05) is 30.6 Å². The van der Waals surface area contributed by atoms with Crippen LogP contribution in [0.1, 0.15) is 0 Å². The number of nitrogens with zero attached hydrogens (tertiary/aromatic N) is 1. The van der Waals surface area contributed by atoms with E-state index in [1.54, 1.807) is 0 Å². The van der Waals surface area contributed by atoms with Crippen LogP contribution in [0.4, 0.5) is 5.82 Å². The molecule has 17 heavy (non-hydrogen) atoms. The van der Waals surface area contributed by atoms with E-state index in [2.05, 4.69) is 15.3 Å². The predicted molar refractivity (Wildman–Crippen MR) is 67.5 cm³/mol. The number of benzene rings is 1. The zero-order valence-corrected chi connectivity index (χ0v) is 9.80. The molecule has 0 spiro atoms. The Kier molecular flexibility index (Phi) is 2.22. The zero-order chi connectivity index (χ0) is 11.8. The summed E-state index contributed by atoms with van der Waals surface area (Å²) in [5, 5.41) is 5.80. The van der Waals surface area contributed by atoms with E-state index in [9.17, 15) is 4.79 Å². The summed E-state index contributed by atoms with van der Waals surface area (Å²) in [5.74, 6) is 0.396. The largest absolute Gasteiger partial charge is 0.417 e. The van der Waals surface area contributed by atoms with Crippen LogP contribution >= 0.6 is 11.3 Å². The quantitative estimate of drug-likeness (QED) is 0.728. The van der Waals surface area contributed by atoms with Crippen LogP contribution in [0, 0.1) is 0 Å². The molecule has 5 nitrogen and oxygen atoms in total. The highest BCUT2D eigenvalue weighted by Gasteiger charge is 2.07. The van der Waals surface area contributed by atoms with E-state index >= 15 is 0 Å². The molecule has 1 aromatic carbocycles. The number of aromatic amines is 1. The summed E-state index contributed by atoms with van der Waals surface area (Å²) in [6, 6.07) is 5.54. The van der Waals surface area contributed by atoms with E-state index in [1.165, 1.54) is 11.3 Å². The third-order valence-electron chi connectivity index (χ3n) is 2.43. The standard InChI is InChI=1S/C11H9N3O2S/c1-12-9-5-17-10(14-9)6-2-3-7-8(4-6)16-11(15)13-7/h2-5,12H,1H3,(H,13,15). The molecule has 86 valence electrons. The second-order valence-corrected chi connectivity index (χ2v) is 4.37. The molecule has 0 saturated carbocycles. The molecule has 0 radical (unpaired) electrons. The molecular weight excluding hydrogens is 238 g/mol. The van der Waals surface area contributed by atoms with Crippen LogP contribution in [0.25, 0.3) is 21.7 Å². The Morgan fingerprint density at radius 1 is 1.47 bits per heavy atom. The number of hydrogen-bond donors (Lipinski definition) is 2. The fourth-order valence-electron chi connectivity index (χ4n) is 1.60. The molecule has 0 bridgehead atoms.